The topological polar surface area (TPSA) is 120 Å². The Kier molecular flexibility index (Phi) is 7.45. The molecule has 32 heavy (non-hydrogen) atoms. The van der Waals surface area contributed by atoms with E-state index in [4.69, 9.17) is 10.00 Å². The second-order valence-corrected chi connectivity index (χ2v) is 7.82. The number of nitrogens with zero attached hydrogens (tertiary/aromatic N) is 2. The predicted molar refractivity (Wildman–Crippen MR) is 115 cm³/mol. The lowest BCUT2D eigenvalue weighted by molar-refractivity contribution is -0.143. The number of nitrogens with one attached hydrogen (secondary N) is 1. The Bertz CT molecular complexity index is 1020. The molecule has 166 valence electrons. The average Bonchev–Trinajstić information content (AvgIpc) is 2.81. The molecule has 0 unspecified atom stereocenters. The number of ether oxygens (including phenoxy) is 1. The number of carbonyl (C=O) groups is 3. The van der Waals surface area contributed by atoms with Gasteiger partial charge in [0.2, 0.25) is 5.91 Å². The van der Waals surface area contributed by atoms with Gasteiger partial charge in [0.15, 0.2) is 0 Å². The Morgan fingerprint density at radius 1 is 1.16 bits per heavy atom. The summed E-state index contributed by atoms with van der Waals surface area (Å²) in [6.45, 7) is 1.82. The zero-order chi connectivity index (χ0) is 23.1. The van der Waals surface area contributed by atoms with Crippen LogP contribution in [0.2, 0.25) is 0 Å². The molecule has 8 nitrogen and oxygen atoms in total. The Balaban J connectivity index is 1.78. The monoisotopic (exact) mass is 435 g/mol. The van der Waals surface area contributed by atoms with Crippen LogP contribution in [0, 0.1) is 17.2 Å². The largest absolute Gasteiger partial charge is 0.480 e. The molecule has 3 atom stereocenters. The third kappa shape index (κ3) is 5.64. The van der Waals surface area contributed by atoms with Gasteiger partial charge in [-0.05, 0) is 30.0 Å². The van der Waals surface area contributed by atoms with Crippen LogP contribution in [0.5, 0.6) is 0 Å². The van der Waals surface area contributed by atoms with Gasteiger partial charge in [-0.15, -0.1) is 0 Å². The zero-order valence-corrected chi connectivity index (χ0v) is 17.7. The van der Waals surface area contributed by atoms with Crippen molar-refractivity contribution in [3.05, 3.63) is 71.3 Å². The van der Waals surface area contributed by atoms with E-state index in [2.05, 4.69) is 5.32 Å². The molecular formula is C24H25N3O5. The molecule has 0 aromatic heterocycles. The van der Waals surface area contributed by atoms with Crippen molar-refractivity contribution in [2.24, 2.45) is 5.92 Å². The Hall–Kier alpha value is -3.86. The number of amides is 2. The van der Waals surface area contributed by atoms with Crippen LogP contribution in [0.15, 0.2) is 54.6 Å². The van der Waals surface area contributed by atoms with Crippen molar-refractivity contribution in [1.29, 1.82) is 5.26 Å². The molecule has 0 fully saturated rings. The first kappa shape index (κ1) is 22.8. The van der Waals surface area contributed by atoms with Gasteiger partial charge in [0, 0.05) is 12.3 Å². The van der Waals surface area contributed by atoms with Crippen LogP contribution < -0.4 is 5.32 Å². The molecule has 0 spiro atoms. The number of benzene rings is 2. The fourth-order valence-corrected chi connectivity index (χ4v) is 3.65. The second kappa shape index (κ2) is 10.4. The molecule has 1 aliphatic rings. The van der Waals surface area contributed by atoms with E-state index >= 15 is 0 Å². The summed E-state index contributed by atoms with van der Waals surface area (Å²) >= 11 is 0. The molecule has 2 aromatic rings. The van der Waals surface area contributed by atoms with E-state index in [1.54, 1.807) is 6.92 Å². The summed E-state index contributed by atoms with van der Waals surface area (Å²) in [5.41, 5.74) is 2.63. The van der Waals surface area contributed by atoms with E-state index in [1.807, 2.05) is 60.7 Å². The van der Waals surface area contributed by atoms with E-state index in [1.165, 1.54) is 4.90 Å². The van der Waals surface area contributed by atoms with Crippen LogP contribution in [0.25, 0.3) is 0 Å². The molecule has 0 saturated carbocycles. The Labute approximate surface area is 186 Å². The highest BCUT2D eigenvalue weighted by Crippen LogP contribution is 2.25. The third-order valence-corrected chi connectivity index (χ3v) is 5.42. The maximum absolute atomic E-state index is 13.1. The van der Waals surface area contributed by atoms with Crippen molar-refractivity contribution < 1.29 is 24.2 Å². The van der Waals surface area contributed by atoms with Crippen molar-refractivity contribution >= 4 is 18.0 Å². The number of hydrogen-bond donors (Lipinski definition) is 2. The number of aliphatic carboxylic acids is 1. The van der Waals surface area contributed by atoms with Crippen molar-refractivity contribution in [2.75, 3.05) is 0 Å². The lowest BCUT2D eigenvalue weighted by Gasteiger charge is -2.35. The minimum absolute atomic E-state index is 0.0284. The molecule has 2 N–H and O–H groups in total. The van der Waals surface area contributed by atoms with Gasteiger partial charge in [-0.3, -0.25) is 9.69 Å². The number of nitriles is 1. The standard InChI is InChI=1S/C24H25N3O5/c1-16(13-25)11-20(23(29)30)26-22(28)21-12-18-9-5-6-10-19(18)14-27(21)24(31)32-15-17-7-3-2-4-8-17/h2-10,16,20-21H,11-12,14-15H2,1H3,(H,26,28)(H,29,30)/t16-,20+,21-/m0/s1. The van der Waals surface area contributed by atoms with Crippen molar-refractivity contribution in [3.8, 4) is 6.07 Å². The predicted octanol–water partition coefficient (Wildman–Crippen LogP) is 2.87. The summed E-state index contributed by atoms with van der Waals surface area (Å²) in [7, 11) is 0. The highest BCUT2D eigenvalue weighted by molar-refractivity contribution is 5.90. The maximum atomic E-state index is 13.1. The molecule has 0 bridgehead atoms. The number of carboxylic acids is 1. The first-order chi connectivity index (χ1) is 15.4. The van der Waals surface area contributed by atoms with Crippen molar-refractivity contribution in [3.63, 3.8) is 0 Å². The van der Waals surface area contributed by atoms with Crippen LogP contribution in [-0.2, 0) is 33.9 Å². The van der Waals surface area contributed by atoms with Crippen LogP contribution in [0.4, 0.5) is 4.79 Å². The smallest absolute Gasteiger partial charge is 0.411 e. The lowest BCUT2D eigenvalue weighted by atomic mass is 9.93. The van der Waals surface area contributed by atoms with Gasteiger partial charge in [-0.2, -0.15) is 5.26 Å². The van der Waals surface area contributed by atoms with E-state index in [0.29, 0.717) is 0 Å². The number of carboxylic acid groups (broad SMARTS) is 1. The van der Waals surface area contributed by atoms with Gasteiger partial charge in [-0.1, -0.05) is 54.6 Å². The molecule has 1 heterocycles. The quantitative estimate of drug-likeness (QED) is 0.690. The average molecular weight is 435 g/mol. The van der Waals surface area contributed by atoms with Gasteiger partial charge in [0.25, 0.3) is 0 Å². The van der Waals surface area contributed by atoms with E-state index < -0.39 is 36.0 Å². The van der Waals surface area contributed by atoms with Crippen molar-refractivity contribution in [1.82, 2.24) is 10.2 Å². The minimum Gasteiger partial charge on any atom is -0.480 e. The molecule has 1 aliphatic heterocycles. The molecule has 0 saturated heterocycles. The summed E-state index contributed by atoms with van der Waals surface area (Å²) in [5, 5.41) is 21.0. The number of rotatable bonds is 7. The fraction of sp³-hybridized carbons (Fsp3) is 0.333. The SMILES string of the molecule is C[C@H](C#N)C[C@@H](NC(=O)[C@@H]1Cc2ccccc2CN1C(=O)OCc1ccccc1)C(=O)O. The van der Waals surface area contributed by atoms with Crippen LogP contribution >= 0.6 is 0 Å². The second-order valence-electron chi connectivity index (χ2n) is 7.82. The molecular weight excluding hydrogens is 410 g/mol. The van der Waals surface area contributed by atoms with Gasteiger partial charge in [-0.25, -0.2) is 9.59 Å². The van der Waals surface area contributed by atoms with E-state index in [-0.39, 0.29) is 26.0 Å². The summed E-state index contributed by atoms with van der Waals surface area (Å²) in [6.07, 6.45) is -0.442. The Morgan fingerprint density at radius 2 is 1.81 bits per heavy atom. The summed E-state index contributed by atoms with van der Waals surface area (Å²) in [6, 6.07) is 16.5. The van der Waals surface area contributed by atoms with E-state index in [9.17, 15) is 19.5 Å². The number of fused-ring (bicyclic) bond motifs is 1. The van der Waals surface area contributed by atoms with Gasteiger partial charge in [0.05, 0.1) is 12.6 Å². The lowest BCUT2D eigenvalue weighted by Crippen LogP contribution is -2.55. The van der Waals surface area contributed by atoms with E-state index in [0.717, 1.165) is 16.7 Å². The number of carbonyl (C=O) groups excluding carboxylic acids is 2. The molecule has 2 aromatic carbocycles. The molecule has 3 rings (SSSR count). The maximum Gasteiger partial charge on any atom is 0.411 e. The zero-order valence-electron chi connectivity index (χ0n) is 17.7. The highest BCUT2D eigenvalue weighted by Gasteiger charge is 2.37. The normalized spacial score (nSPS) is 16.8. The Morgan fingerprint density at radius 3 is 2.47 bits per heavy atom. The van der Waals surface area contributed by atoms with Crippen LogP contribution in [-0.4, -0.2) is 40.1 Å². The first-order valence-electron chi connectivity index (χ1n) is 10.4. The first-order valence-corrected chi connectivity index (χ1v) is 10.4. The third-order valence-electron chi connectivity index (χ3n) is 5.42. The van der Waals surface area contributed by atoms with Gasteiger partial charge < -0.3 is 15.2 Å². The fourth-order valence-electron chi connectivity index (χ4n) is 3.65. The summed E-state index contributed by atoms with van der Waals surface area (Å²) < 4.78 is 5.45. The van der Waals surface area contributed by atoms with Crippen molar-refractivity contribution in [2.45, 2.75) is 45.0 Å². The highest BCUT2D eigenvalue weighted by atomic mass is 16.6. The summed E-state index contributed by atoms with van der Waals surface area (Å²) in [5.74, 6) is -2.36. The number of hydrogen-bond acceptors (Lipinski definition) is 5. The molecule has 8 heteroatoms. The van der Waals surface area contributed by atoms with Crippen LogP contribution in [0.1, 0.15) is 30.0 Å². The minimum atomic E-state index is -1.23. The van der Waals surface area contributed by atoms with Crippen LogP contribution in [0.3, 0.4) is 0 Å². The molecule has 2 amide bonds. The van der Waals surface area contributed by atoms with Gasteiger partial charge in [0.1, 0.15) is 18.7 Å². The van der Waals surface area contributed by atoms with Gasteiger partial charge >= 0.3 is 12.1 Å². The molecule has 0 radical (unpaired) electrons. The summed E-state index contributed by atoms with van der Waals surface area (Å²) in [4.78, 5) is 38.9. The molecule has 0 aliphatic carbocycles.